The minimum atomic E-state index is -3.43. The Bertz CT molecular complexity index is 703. The number of benzene rings is 1. The molecule has 0 saturated carbocycles. The van der Waals surface area contributed by atoms with Crippen molar-refractivity contribution in [3.05, 3.63) is 52.4 Å². The van der Waals surface area contributed by atoms with E-state index in [2.05, 4.69) is 9.88 Å². The third kappa shape index (κ3) is 4.13. The summed E-state index contributed by atoms with van der Waals surface area (Å²) < 4.78 is 31.8. The van der Waals surface area contributed by atoms with Crippen molar-refractivity contribution in [2.45, 2.75) is 32.7 Å². The zero-order chi connectivity index (χ0) is 15.5. The van der Waals surface area contributed by atoms with Crippen molar-refractivity contribution in [2.75, 3.05) is 0 Å². The van der Waals surface area contributed by atoms with Gasteiger partial charge in [0.2, 0.25) is 10.0 Å². The van der Waals surface area contributed by atoms with E-state index < -0.39 is 10.0 Å². The molecule has 0 unspecified atom stereocenters. The van der Waals surface area contributed by atoms with E-state index >= 15 is 0 Å². The van der Waals surface area contributed by atoms with Gasteiger partial charge in [-0.05, 0) is 25.0 Å². The average Bonchev–Trinajstić information content (AvgIpc) is 2.75. The van der Waals surface area contributed by atoms with E-state index in [0.29, 0.717) is 23.6 Å². The van der Waals surface area contributed by atoms with Crippen molar-refractivity contribution < 1.29 is 12.9 Å². The van der Waals surface area contributed by atoms with Crippen LogP contribution in [0.2, 0.25) is 0 Å². The van der Waals surface area contributed by atoms with Crippen LogP contribution in [0, 0.1) is 13.8 Å². The molecule has 1 aromatic heterocycles. The van der Waals surface area contributed by atoms with Crippen LogP contribution < -0.4 is 10.5 Å². The van der Waals surface area contributed by atoms with E-state index in [4.69, 9.17) is 10.3 Å². The van der Waals surface area contributed by atoms with Gasteiger partial charge >= 0.3 is 0 Å². The highest BCUT2D eigenvalue weighted by atomic mass is 32.2. The normalized spacial score (nSPS) is 11.8. The maximum Gasteiger partial charge on any atom is 0.216 e. The molecule has 0 radical (unpaired) electrons. The molecule has 0 aliphatic heterocycles. The van der Waals surface area contributed by atoms with Gasteiger partial charge < -0.3 is 10.3 Å². The lowest BCUT2D eigenvalue weighted by atomic mass is 10.1. The average molecular weight is 309 g/mol. The number of nitrogens with two attached hydrogens (primary N) is 1. The first-order valence-electron chi connectivity index (χ1n) is 6.58. The van der Waals surface area contributed by atoms with Gasteiger partial charge in [-0.1, -0.05) is 29.4 Å². The second kappa shape index (κ2) is 6.38. The molecular formula is C14H19N3O3S. The van der Waals surface area contributed by atoms with Gasteiger partial charge in [-0.3, -0.25) is 0 Å². The molecule has 114 valence electrons. The summed E-state index contributed by atoms with van der Waals surface area (Å²) in [5, 5.41) is 3.80. The van der Waals surface area contributed by atoms with Gasteiger partial charge in [0.25, 0.3) is 0 Å². The summed E-state index contributed by atoms with van der Waals surface area (Å²) in [6, 6.07) is 7.25. The van der Waals surface area contributed by atoms with Gasteiger partial charge in [0.15, 0.2) is 0 Å². The molecule has 0 aliphatic rings. The van der Waals surface area contributed by atoms with Crippen LogP contribution in [0.4, 0.5) is 0 Å². The predicted molar refractivity (Wildman–Crippen MR) is 79.8 cm³/mol. The first kappa shape index (κ1) is 15.7. The minimum Gasteiger partial charge on any atom is -0.361 e. The molecule has 6 nitrogen and oxygen atoms in total. The van der Waals surface area contributed by atoms with Gasteiger partial charge in [-0.25, -0.2) is 13.1 Å². The Kier molecular flexibility index (Phi) is 4.76. The number of nitrogens with zero attached hydrogens (tertiary/aromatic N) is 1. The Balaban J connectivity index is 2.05. The Labute approximate surface area is 124 Å². The van der Waals surface area contributed by atoms with E-state index in [-0.39, 0.29) is 12.3 Å². The Morgan fingerprint density at radius 2 is 2.00 bits per heavy atom. The molecule has 0 amide bonds. The summed E-state index contributed by atoms with van der Waals surface area (Å²) in [5.41, 5.74) is 8.65. The monoisotopic (exact) mass is 309 g/mol. The molecule has 0 saturated heterocycles. The lowest BCUT2D eigenvalue weighted by Crippen LogP contribution is -2.25. The van der Waals surface area contributed by atoms with E-state index in [1.807, 2.05) is 6.07 Å². The van der Waals surface area contributed by atoms with Crippen LogP contribution in [0.3, 0.4) is 0 Å². The summed E-state index contributed by atoms with van der Waals surface area (Å²) in [7, 11) is -3.43. The fraction of sp³-hybridized carbons (Fsp3) is 0.357. The predicted octanol–water partition coefficient (Wildman–Crippen LogP) is 1.37. The van der Waals surface area contributed by atoms with Crippen LogP contribution in [0.15, 0.2) is 28.8 Å². The maximum absolute atomic E-state index is 12.1. The highest BCUT2D eigenvalue weighted by Crippen LogP contribution is 2.13. The first-order chi connectivity index (χ1) is 9.91. The molecule has 2 rings (SSSR count). The molecule has 21 heavy (non-hydrogen) atoms. The lowest BCUT2D eigenvalue weighted by Gasteiger charge is -2.07. The van der Waals surface area contributed by atoms with Crippen molar-refractivity contribution in [3.63, 3.8) is 0 Å². The smallest absolute Gasteiger partial charge is 0.216 e. The molecule has 1 aromatic carbocycles. The zero-order valence-electron chi connectivity index (χ0n) is 12.1. The molecule has 0 fully saturated rings. The van der Waals surface area contributed by atoms with Crippen molar-refractivity contribution >= 4 is 10.0 Å². The molecule has 7 heteroatoms. The maximum atomic E-state index is 12.1. The standard InChI is InChI=1S/C14H19N3O3S/c1-10-14(11(2)20-17-10)8-16-21(18,19)9-13-5-3-4-12(6-13)7-15/h3-6,16H,7-9,15H2,1-2H3. The fourth-order valence-electron chi connectivity index (χ4n) is 2.05. The number of hydrogen-bond donors (Lipinski definition) is 2. The lowest BCUT2D eigenvalue weighted by molar-refractivity contribution is 0.392. The summed E-state index contributed by atoms with van der Waals surface area (Å²) in [5.74, 6) is 0.546. The largest absolute Gasteiger partial charge is 0.361 e. The molecule has 0 bridgehead atoms. The topological polar surface area (TPSA) is 98.2 Å². The van der Waals surface area contributed by atoms with Gasteiger partial charge in [0.05, 0.1) is 11.4 Å². The molecule has 2 aromatic rings. The van der Waals surface area contributed by atoms with Gasteiger partial charge in [-0.15, -0.1) is 0 Å². The van der Waals surface area contributed by atoms with Crippen molar-refractivity contribution in [2.24, 2.45) is 5.73 Å². The van der Waals surface area contributed by atoms with Crippen LogP contribution in [0.5, 0.6) is 0 Å². The molecule has 0 aliphatic carbocycles. The van der Waals surface area contributed by atoms with E-state index in [1.54, 1.807) is 32.0 Å². The molecular weight excluding hydrogens is 290 g/mol. The van der Waals surface area contributed by atoms with Crippen LogP contribution in [-0.2, 0) is 28.9 Å². The highest BCUT2D eigenvalue weighted by Gasteiger charge is 2.15. The number of aryl methyl sites for hydroxylation is 2. The summed E-state index contributed by atoms with van der Waals surface area (Å²) >= 11 is 0. The zero-order valence-corrected chi connectivity index (χ0v) is 12.9. The molecule has 0 atom stereocenters. The SMILES string of the molecule is Cc1noc(C)c1CNS(=O)(=O)Cc1cccc(CN)c1. The number of sulfonamides is 1. The quantitative estimate of drug-likeness (QED) is 0.839. The Morgan fingerprint density at radius 1 is 1.29 bits per heavy atom. The van der Waals surface area contributed by atoms with E-state index in [1.165, 1.54) is 0 Å². The van der Waals surface area contributed by atoms with Crippen LogP contribution in [0.1, 0.15) is 28.1 Å². The molecule has 3 N–H and O–H groups in total. The first-order valence-corrected chi connectivity index (χ1v) is 8.23. The van der Waals surface area contributed by atoms with Gasteiger partial charge in [0, 0.05) is 18.7 Å². The third-order valence-electron chi connectivity index (χ3n) is 3.23. The minimum absolute atomic E-state index is 0.0792. The highest BCUT2D eigenvalue weighted by molar-refractivity contribution is 7.88. The number of aromatic nitrogens is 1. The third-order valence-corrected chi connectivity index (χ3v) is 4.53. The number of rotatable bonds is 6. The second-order valence-corrected chi connectivity index (χ2v) is 6.71. The van der Waals surface area contributed by atoms with Gasteiger partial charge in [0.1, 0.15) is 5.76 Å². The van der Waals surface area contributed by atoms with Crippen molar-refractivity contribution in [1.29, 1.82) is 0 Å². The molecule has 1 heterocycles. The Hall–Kier alpha value is -1.70. The summed E-state index contributed by atoms with van der Waals surface area (Å²) in [6.45, 7) is 4.11. The van der Waals surface area contributed by atoms with Crippen molar-refractivity contribution in [3.8, 4) is 0 Å². The number of nitrogens with one attached hydrogen (secondary N) is 1. The van der Waals surface area contributed by atoms with E-state index in [0.717, 1.165) is 11.1 Å². The molecule has 0 spiro atoms. The summed E-state index contributed by atoms with van der Waals surface area (Å²) in [4.78, 5) is 0. The van der Waals surface area contributed by atoms with Crippen LogP contribution in [-0.4, -0.2) is 13.6 Å². The number of hydrogen-bond acceptors (Lipinski definition) is 5. The Morgan fingerprint density at radius 3 is 2.62 bits per heavy atom. The van der Waals surface area contributed by atoms with E-state index in [9.17, 15) is 8.42 Å². The summed E-state index contributed by atoms with van der Waals surface area (Å²) in [6.07, 6.45) is 0. The van der Waals surface area contributed by atoms with Gasteiger partial charge in [-0.2, -0.15) is 0 Å². The van der Waals surface area contributed by atoms with Crippen molar-refractivity contribution in [1.82, 2.24) is 9.88 Å². The fourth-order valence-corrected chi connectivity index (χ4v) is 3.14. The van der Waals surface area contributed by atoms with Crippen LogP contribution >= 0.6 is 0 Å². The van der Waals surface area contributed by atoms with Crippen LogP contribution in [0.25, 0.3) is 0 Å². The second-order valence-electron chi connectivity index (χ2n) is 4.91.